The molecule has 1 heterocycles. The summed E-state index contributed by atoms with van der Waals surface area (Å²) in [4.78, 5) is 9.22. The van der Waals surface area contributed by atoms with Gasteiger partial charge in [-0.2, -0.15) is 0 Å². The van der Waals surface area contributed by atoms with Crippen LogP contribution in [0.3, 0.4) is 0 Å². The summed E-state index contributed by atoms with van der Waals surface area (Å²) < 4.78 is 10.1. The number of rotatable bonds is 9. The third-order valence-electron chi connectivity index (χ3n) is 3.97. The predicted octanol–water partition coefficient (Wildman–Crippen LogP) is 1.40. The van der Waals surface area contributed by atoms with Crippen LogP contribution in [0.1, 0.15) is 29.9 Å². The second-order valence-electron chi connectivity index (χ2n) is 5.66. The lowest BCUT2D eigenvalue weighted by atomic mass is 9.87. The van der Waals surface area contributed by atoms with Gasteiger partial charge in [0.25, 0.3) is 0 Å². The minimum absolute atomic E-state index is 0.692. The second kappa shape index (κ2) is 9.07. The molecular formula is C16H27N3O2. The number of fused-ring (bicyclic) bond motifs is 1. The molecule has 0 aliphatic heterocycles. The molecule has 21 heavy (non-hydrogen) atoms. The molecule has 0 spiro atoms. The summed E-state index contributed by atoms with van der Waals surface area (Å²) in [5, 5.41) is 3.45. The second-order valence-corrected chi connectivity index (χ2v) is 5.66. The summed E-state index contributed by atoms with van der Waals surface area (Å²) in [5.74, 6) is 1.65. The van der Waals surface area contributed by atoms with Gasteiger partial charge in [-0.15, -0.1) is 0 Å². The van der Waals surface area contributed by atoms with Crippen molar-refractivity contribution in [2.24, 2.45) is 5.92 Å². The Morgan fingerprint density at radius 3 is 2.95 bits per heavy atom. The van der Waals surface area contributed by atoms with Crippen LogP contribution in [0.15, 0.2) is 6.20 Å². The van der Waals surface area contributed by atoms with E-state index >= 15 is 0 Å². The van der Waals surface area contributed by atoms with Gasteiger partial charge < -0.3 is 14.8 Å². The molecule has 1 aromatic heterocycles. The molecular weight excluding hydrogens is 266 g/mol. The SMILES string of the molecule is COCCCc1ncc2c(n1)CCC(CNCCOC)C2. The van der Waals surface area contributed by atoms with Gasteiger partial charge in [-0.05, 0) is 43.7 Å². The van der Waals surface area contributed by atoms with Crippen LogP contribution in [0.25, 0.3) is 0 Å². The molecule has 0 fully saturated rings. The number of hydrogen-bond donors (Lipinski definition) is 1. The van der Waals surface area contributed by atoms with E-state index < -0.39 is 0 Å². The van der Waals surface area contributed by atoms with E-state index in [1.165, 1.54) is 17.7 Å². The molecule has 118 valence electrons. The van der Waals surface area contributed by atoms with Crippen LogP contribution in [0, 0.1) is 5.92 Å². The summed E-state index contributed by atoms with van der Waals surface area (Å²) in [7, 11) is 3.47. The summed E-state index contributed by atoms with van der Waals surface area (Å²) in [6.07, 6.45) is 7.30. The fourth-order valence-electron chi connectivity index (χ4n) is 2.77. The molecule has 1 atom stereocenters. The van der Waals surface area contributed by atoms with Crippen molar-refractivity contribution >= 4 is 0 Å². The smallest absolute Gasteiger partial charge is 0.128 e. The van der Waals surface area contributed by atoms with Gasteiger partial charge >= 0.3 is 0 Å². The Kier molecular flexibility index (Phi) is 7.06. The Balaban J connectivity index is 1.81. The maximum Gasteiger partial charge on any atom is 0.128 e. The summed E-state index contributed by atoms with van der Waals surface area (Å²) >= 11 is 0. The standard InChI is InChI=1S/C16H27N3O2/c1-20-8-3-4-16-18-12-14-10-13(5-6-15(14)19-16)11-17-7-9-21-2/h12-13,17H,3-11H2,1-2H3. The van der Waals surface area contributed by atoms with Gasteiger partial charge in [0.15, 0.2) is 0 Å². The molecule has 2 rings (SSSR count). The first-order valence-corrected chi connectivity index (χ1v) is 7.85. The number of hydrogen-bond acceptors (Lipinski definition) is 5. The number of methoxy groups -OCH3 is 2. The van der Waals surface area contributed by atoms with Gasteiger partial charge in [-0.1, -0.05) is 0 Å². The number of nitrogens with zero attached hydrogens (tertiary/aromatic N) is 2. The average molecular weight is 293 g/mol. The van der Waals surface area contributed by atoms with E-state index in [0.29, 0.717) is 5.92 Å². The highest BCUT2D eigenvalue weighted by atomic mass is 16.5. The molecule has 0 aromatic carbocycles. The Hall–Kier alpha value is -1.04. The van der Waals surface area contributed by atoms with Gasteiger partial charge in [0, 0.05) is 45.7 Å². The summed E-state index contributed by atoms with van der Waals surface area (Å²) in [5.41, 5.74) is 2.58. The summed E-state index contributed by atoms with van der Waals surface area (Å²) in [6, 6.07) is 0. The summed E-state index contributed by atoms with van der Waals surface area (Å²) in [6.45, 7) is 3.53. The minimum atomic E-state index is 0.692. The normalized spacial score (nSPS) is 17.7. The fourth-order valence-corrected chi connectivity index (χ4v) is 2.77. The molecule has 0 radical (unpaired) electrons. The van der Waals surface area contributed by atoms with Crippen molar-refractivity contribution in [3.8, 4) is 0 Å². The van der Waals surface area contributed by atoms with E-state index in [9.17, 15) is 0 Å². The highest BCUT2D eigenvalue weighted by Crippen LogP contribution is 2.23. The van der Waals surface area contributed by atoms with Crippen LogP contribution in [0.4, 0.5) is 0 Å². The van der Waals surface area contributed by atoms with Crippen LogP contribution in [0.5, 0.6) is 0 Å². The van der Waals surface area contributed by atoms with Crippen LogP contribution in [0.2, 0.25) is 0 Å². The predicted molar refractivity (Wildman–Crippen MR) is 82.5 cm³/mol. The highest BCUT2D eigenvalue weighted by molar-refractivity contribution is 5.21. The molecule has 1 N–H and O–H groups in total. The van der Waals surface area contributed by atoms with Crippen molar-refractivity contribution in [1.82, 2.24) is 15.3 Å². The van der Waals surface area contributed by atoms with Gasteiger partial charge in [0.1, 0.15) is 5.82 Å². The third kappa shape index (κ3) is 5.34. The third-order valence-corrected chi connectivity index (χ3v) is 3.97. The lowest BCUT2D eigenvalue weighted by Crippen LogP contribution is -2.30. The molecule has 0 bridgehead atoms. The molecule has 0 amide bonds. The molecule has 1 aromatic rings. The van der Waals surface area contributed by atoms with Crippen LogP contribution in [-0.2, 0) is 28.7 Å². The Morgan fingerprint density at radius 1 is 1.29 bits per heavy atom. The molecule has 1 aliphatic carbocycles. The first kappa shape index (κ1) is 16.3. The molecule has 1 unspecified atom stereocenters. The molecule has 0 saturated carbocycles. The van der Waals surface area contributed by atoms with E-state index in [1.54, 1.807) is 14.2 Å². The quantitative estimate of drug-likeness (QED) is 0.697. The number of nitrogens with one attached hydrogen (secondary N) is 1. The lowest BCUT2D eigenvalue weighted by molar-refractivity contribution is 0.194. The van der Waals surface area contributed by atoms with Crippen molar-refractivity contribution in [1.29, 1.82) is 0 Å². The maximum absolute atomic E-state index is 5.07. The maximum atomic E-state index is 5.07. The van der Waals surface area contributed by atoms with Crippen LogP contribution >= 0.6 is 0 Å². The van der Waals surface area contributed by atoms with Gasteiger partial charge in [-0.25, -0.2) is 9.97 Å². The number of ether oxygens (including phenoxy) is 2. The van der Waals surface area contributed by atoms with Crippen molar-refractivity contribution in [3.05, 3.63) is 23.3 Å². The molecule has 1 aliphatic rings. The van der Waals surface area contributed by atoms with Crippen LogP contribution in [-0.4, -0.2) is 50.5 Å². The fraction of sp³-hybridized carbons (Fsp3) is 0.750. The molecule has 5 heteroatoms. The number of aryl methyl sites for hydroxylation is 2. The zero-order chi connectivity index (χ0) is 14.9. The molecule has 0 saturated heterocycles. The van der Waals surface area contributed by atoms with Crippen LogP contribution < -0.4 is 5.32 Å². The first-order valence-electron chi connectivity index (χ1n) is 7.85. The molecule has 5 nitrogen and oxygen atoms in total. The monoisotopic (exact) mass is 293 g/mol. The van der Waals surface area contributed by atoms with Crippen molar-refractivity contribution in [3.63, 3.8) is 0 Å². The van der Waals surface area contributed by atoms with Crippen molar-refractivity contribution in [2.75, 3.05) is 40.5 Å². The zero-order valence-corrected chi connectivity index (χ0v) is 13.2. The Bertz CT molecular complexity index is 426. The number of aromatic nitrogens is 2. The van der Waals surface area contributed by atoms with Gasteiger partial charge in [0.05, 0.1) is 6.61 Å². The van der Waals surface area contributed by atoms with E-state index in [-0.39, 0.29) is 0 Å². The largest absolute Gasteiger partial charge is 0.385 e. The van der Waals surface area contributed by atoms with E-state index in [4.69, 9.17) is 14.5 Å². The van der Waals surface area contributed by atoms with Gasteiger partial charge in [-0.3, -0.25) is 0 Å². The first-order chi connectivity index (χ1) is 10.3. The van der Waals surface area contributed by atoms with Crippen molar-refractivity contribution in [2.45, 2.75) is 32.1 Å². The highest BCUT2D eigenvalue weighted by Gasteiger charge is 2.20. The lowest BCUT2D eigenvalue weighted by Gasteiger charge is -2.24. The van der Waals surface area contributed by atoms with E-state index in [2.05, 4.69) is 10.3 Å². The van der Waals surface area contributed by atoms with Crippen molar-refractivity contribution < 1.29 is 9.47 Å². The average Bonchev–Trinajstić information content (AvgIpc) is 2.52. The topological polar surface area (TPSA) is 56.3 Å². The zero-order valence-electron chi connectivity index (χ0n) is 13.2. The van der Waals surface area contributed by atoms with Gasteiger partial charge in [0.2, 0.25) is 0 Å². The minimum Gasteiger partial charge on any atom is -0.385 e. The van der Waals surface area contributed by atoms with E-state index in [1.807, 2.05) is 6.20 Å². The van der Waals surface area contributed by atoms with E-state index in [0.717, 1.165) is 57.8 Å². The Labute approximate surface area is 127 Å². The Morgan fingerprint density at radius 2 is 2.14 bits per heavy atom.